The summed E-state index contributed by atoms with van der Waals surface area (Å²) in [7, 11) is 0. The van der Waals surface area contributed by atoms with Gasteiger partial charge < -0.3 is 0 Å². The van der Waals surface area contributed by atoms with Crippen LogP contribution < -0.4 is 0 Å². The lowest BCUT2D eigenvalue weighted by Gasteiger charge is -2.25. The zero-order chi connectivity index (χ0) is 28.5. The quantitative estimate of drug-likeness (QED) is 0.192. The highest BCUT2D eigenvalue weighted by atomic mass is 35.5. The van der Waals surface area contributed by atoms with Crippen LogP contribution in [0.5, 0.6) is 0 Å². The molecule has 6 rings (SSSR count). The van der Waals surface area contributed by atoms with Crippen molar-refractivity contribution in [2.75, 3.05) is 6.54 Å². The van der Waals surface area contributed by atoms with Gasteiger partial charge in [-0.05, 0) is 103 Å². The Labute approximate surface area is 245 Å². The number of imidazole rings is 1. The van der Waals surface area contributed by atoms with E-state index in [1.807, 2.05) is 23.6 Å². The minimum atomic E-state index is -0.589. The third-order valence-electron chi connectivity index (χ3n) is 7.62. The molecule has 0 bridgehead atoms. The van der Waals surface area contributed by atoms with E-state index in [1.54, 1.807) is 12.1 Å². The molecule has 1 atom stereocenters. The highest BCUT2D eigenvalue weighted by molar-refractivity contribution is 7.98. The molecule has 0 amide bonds. The van der Waals surface area contributed by atoms with Crippen LogP contribution in [-0.4, -0.2) is 21.8 Å². The molecule has 0 saturated heterocycles. The summed E-state index contributed by atoms with van der Waals surface area (Å²) in [5.41, 5.74) is 6.22. The minimum absolute atomic E-state index is 0.00142. The summed E-state index contributed by atoms with van der Waals surface area (Å²) >= 11 is 7.59. The summed E-state index contributed by atoms with van der Waals surface area (Å²) in [6.07, 6.45) is 3.68. The minimum Gasteiger partial charge on any atom is -0.291 e. The van der Waals surface area contributed by atoms with Crippen molar-refractivity contribution in [3.63, 3.8) is 0 Å². The highest BCUT2D eigenvalue weighted by Gasteiger charge is 2.30. The largest absolute Gasteiger partial charge is 0.291 e. The van der Waals surface area contributed by atoms with Gasteiger partial charge in [-0.25, -0.2) is 18.2 Å². The van der Waals surface area contributed by atoms with E-state index in [-0.39, 0.29) is 23.1 Å². The maximum absolute atomic E-state index is 15.2. The van der Waals surface area contributed by atoms with Crippen LogP contribution in [0.25, 0.3) is 5.69 Å². The van der Waals surface area contributed by atoms with Gasteiger partial charge in [0.1, 0.15) is 24.0 Å². The Kier molecular flexibility index (Phi) is 7.99. The molecular weight excluding hydrogens is 567 g/mol. The summed E-state index contributed by atoms with van der Waals surface area (Å²) in [6, 6.07) is 15.1. The molecule has 2 heterocycles. The molecule has 0 fully saturated rings. The zero-order valence-electron chi connectivity index (χ0n) is 22.4. The van der Waals surface area contributed by atoms with E-state index in [2.05, 4.69) is 21.5 Å². The fraction of sp³-hybridized carbons (Fsp3) is 0.290. The molecule has 0 spiro atoms. The highest BCUT2D eigenvalue weighted by Crippen LogP contribution is 2.42. The first-order valence-electron chi connectivity index (χ1n) is 13.5. The monoisotopic (exact) mass is 593 g/mol. The van der Waals surface area contributed by atoms with Gasteiger partial charge in [0.25, 0.3) is 0 Å². The number of fused-ring (bicyclic) bond motifs is 1. The summed E-state index contributed by atoms with van der Waals surface area (Å²) in [5, 5.41) is 12.7. The van der Waals surface area contributed by atoms with Crippen LogP contribution in [0.2, 0.25) is 5.02 Å². The molecule has 3 aromatic carbocycles. The van der Waals surface area contributed by atoms with Crippen molar-refractivity contribution in [3.05, 3.63) is 111 Å². The Balaban J connectivity index is 1.32. The second-order valence-electron chi connectivity index (χ2n) is 10.4. The number of nitrogens with zero attached hydrogens (tertiary/aromatic N) is 5. The van der Waals surface area contributed by atoms with Gasteiger partial charge in [0.05, 0.1) is 17.1 Å². The first kappa shape index (κ1) is 27.7. The molecule has 5 nitrogen and oxygen atoms in total. The van der Waals surface area contributed by atoms with E-state index in [9.17, 15) is 4.39 Å². The maximum atomic E-state index is 15.2. The van der Waals surface area contributed by atoms with Crippen LogP contribution in [0, 0.1) is 24.4 Å². The SMILES string of the molecule is Cc1cc(C2CCCc3nc(SCc4c(F)cc(CCC5=NN=NC5)cc4F)n(-c4ccc(F)cc4)c32)ccc1Cl. The molecule has 4 aromatic rings. The topological polar surface area (TPSA) is 54.9 Å². The third kappa shape index (κ3) is 5.83. The average molecular weight is 594 g/mol. The number of aromatic nitrogens is 2. The predicted octanol–water partition coefficient (Wildman–Crippen LogP) is 8.77. The average Bonchev–Trinajstić information content (AvgIpc) is 3.61. The number of rotatable bonds is 8. The standard InChI is InChI=1S/C31H27ClF3N5S/c1-18-13-20(6-12-26(18)32)24-3-2-4-29-30(24)40(23-10-7-21(33)8-11-23)31(37-29)41-17-25-27(34)14-19(15-28(25)35)5-9-22-16-36-39-38-22/h6-8,10-15,24H,2-5,9,16-17H2,1H3. The third-order valence-corrected chi connectivity index (χ3v) is 9.00. The maximum Gasteiger partial charge on any atom is 0.173 e. The lowest BCUT2D eigenvalue weighted by atomic mass is 9.83. The van der Waals surface area contributed by atoms with Crippen LogP contribution in [0.3, 0.4) is 0 Å². The number of aryl methyl sites for hydroxylation is 3. The molecule has 2 aliphatic rings. The van der Waals surface area contributed by atoms with Gasteiger partial charge in [-0.2, -0.15) is 5.11 Å². The smallest absolute Gasteiger partial charge is 0.173 e. The van der Waals surface area contributed by atoms with Crippen LogP contribution in [0.4, 0.5) is 13.2 Å². The van der Waals surface area contributed by atoms with Crippen LogP contribution in [-0.2, 0) is 18.6 Å². The van der Waals surface area contributed by atoms with Crippen LogP contribution >= 0.6 is 23.4 Å². The van der Waals surface area contributed by atoms with E-state index in [0.717, 1.165) is 53.2 Å². The lowest BCUT2D eigenvalue weighted by Crippen LogP contribution is -2.15. The van der Waals surface area contributed by atoms with Gasteiger partial charge in [-0.15, -0.1) is 5.10 Å². The molecule has 1 aliphatic heterocycles. The molecule has 0 saturated carbocycles. The molecule has 0 N–H and O–H groups in total. The van der Waals surface area contributed by atoms with Gasteiger partial charge in [-0.3, -0.25) is 4.57 Å². The van der Waals surface area contributed by atoms with Gasteiger partial charge in [0.15, 0.2) is 5.16 Å². The van der Waals surface area contributed by atoms with Gasteiger partial charge >= 0.3 is 0 Å². The Morgan fingerprint density at radius 1 is 1.00 bits per heavy atom. The second kappa shape index (κ2) is 11.8. The Morgan fingerprint density at radius 3 is 2.49 bits per heavy atom. The number of thioether (sulfide) groups is 1. The summed E-state index contributed by atoms with van der Waals surface area (Å²) in [5.74, 6) is -1.40. The summed E-state index contributed by atoms with van der Waals surface area (Å²) < 4.78 is 46.2. The lowest BCUT2D eigenvalue weighted by molar-refractivity contribution is 0.562. The zero-order valence-corrected chi connectivity index (χ0v) is 24.0. The molecule has 1 aromatic heterocycles. The normalized spacial score (nSPS) is 16.2. The molecule has 41 heavy (non-hydrogen) atoms. The molecule has 1 unspecified atom stereocenters. The van der Waals surface area contributed by atoms with Crippen molar-refractivity contribution < 1.29 is 13.2 Å². The van der Waals surface area contributed by atoms with Crippen LogP contribution in [0.15, 0.2) is 75.2 Å². The van der Waals surface area contributed by atoms with Gasteiger partial charge in [-0.1, -0.05) is 35.5 Å². The van der Waals surface area contributed by atoms with Crippen molar-refractivity contribution in [2.24, 2.45) is 15.4 Å². The fourth-order valence-electron chi connectivity index (χ4n) is 5.48. The van der Waals surface area contributed by atoms with Crippen molar-refractivity contribution in [3.8, 4) is 5.69 Å². The van der Waals surface area contributed by atoms with Gasteiger partial charge in [0, 0.05) is 27.9 Å². The molecule has 0 radical (unpaired) electrons. The number of hydrogen-bond acceptors (Lipinski definition) is 5. The fourth-order valence-corrected chi connectivity index (χ4v) is 6.66. The molecule has 1 aliphatic carbocycles. The number of benzene rings is 3. The van der Waals surface area contributed by atoms with E-state index in [0.29, 0.717) is 35.1 Å². The van der Waals surface area contributed by atoms with Crippen molar-refractivity contribution in [1.29, 1.82) is 0 Å². The van der Waals surface area contributed by atoms with E-state index in [4.69, 9.17) is 16.6 Å². The van der Waals surface area contributed by atoms with Crippen molar-refractivity contribution in [1.82, 2.24) is 9.55 Å². The summed E-state index contributed by atoms with van der Waals surface area (Å²) in [4.78, 5) is 4.96. The number of hydrogen-bond donors (Lipinski definition) is 0. The Bertz CT molecular complexity index is 1640. The van der Waals surface area contributed by atoms with E-state index in [1.165, 1.54) is 36.0 Å². The Hall–Kier alpha value is -3.43. The summed E-state index contributed by atoms with van der Waals surface area (Å²) in [6.45, 7) is 2.42. The molecular formula is C31H27ClF3N5S. The van der Waals surface area contributed by atoms with Crippen LogP contribution in [0.1, 0.15) is 58.8 Å². The molecule has 210 valence electrons. The molecule has 10 heteroatoms. The van der Waals surface area contributed by atoms with Crippen molar-refractivity contribution in [2.45, 2.75) is 55.9 Å². The predicted molar refractivity (Wildman–Crippen MR) is 156 cm³/mol. The van der Waals surface area contributed by atoms with Gasteiger partial charge in [0.2, 0.25) is 0 Å². The van der Waals surface area contributed by atoms with Crippen molar-refractivity contribution >= 4 is 29.1 Å². The second-order valence-corrected chi connectivity index (χ2v) is 11.7. The number of halogens is 4. The first-order valence-corrected chi connectivity index (χ1v) is 14.9. The van der Waals surface area contributed by atoms with E-state index < -0.39 is 11.6 Å². The van der Waals surface area contributed by atoms with E-state index >= 15 is 8.78 Å². The Morgan fingerprint density at radius 2 is 1.78 bits per heavy atom. The first-order chi connectivity index (χ1) is 19.9.